The Hall–Kier alpha value is 0.137. The van der Waals surface area contributed by atoms with Crippen LogP contribution in [0.3, 0.4) is 0 Å². The maximum absolute atomic E-state index is 9.47. The van der Waals surface area contributed by atoms with E-state index in [0.717, 1.165) is 19.3 Å². The smallest absolute Gasteiger partial charge is 0.240 e. The maximum Gasteiger partial charge on any atom is 0.240 e. The minimum atomic E-state index is -0.567. The summed E-state index contributed by atoms with van der Waals surface area (Å²) >= 11 is 0. The second kappa shape index (κ2) is 6.59. The van der Waals surface area contributed by atoms with Crippen LogP contribution in [0.1, 0.15) is 53.9 Å². The Morgan fingerprint density at radius 2 is 1.93 bits per heavy atom. The van der Waals surface area contributed by atoms with E-state index in [4.69, 9.17) is 4.43 Å². The molecule has 0 unspecified atom stereocenters. The summed E-state index contributed by atoms with van der Waals surface area (Å²) in [6.07, 6.45) is 2.24. The molecule has 0 rings (SSSR count). The summed E-state index contributed by atoms with van der Waals surface area (Å²) in [4.78, 5) is 0. The van der Waals surface area contributed by atoms with Crippen molar-refractivity contribution in [2.24, 2.45) is 5.92 Å². The predicted octanol–water partition coefficient (Wildman–Crippen LogP) is 2.99. The minimum Gasteiger partial charge on any atom is -0.393 e. The fraction of sp³-hybridized carbons (Fsp3) is 1.00. The van der Waals surface area contributed by atoms with Crippen LogP contribution < -0.4 is 0 Å². The maximum atomic E-state index is 9.47. The van der Waals surface area contributed by atoms with Crippen LogP contribution in [0.4, 0.5) is 0 Å². The third kappa shape index (κ3) is 4.58. The van der Waals surface area contributed by atoms with Crippen molar-refractivity contribution in [2.45, 2.75) is 65.2 Å². The van der Waals surface area contributed by atoms with Crippen LogP contribution >= 0.6 is 0 Å². The lowest BCUT2D eigenvalue weighted by atomic mass is 9.94. The second-order valence-corrected chi connectivity index (χ2v) is 5.97. The highest BCUT2D eigenvalue weighted by atomic mass is 28.2. The molecule has 0 fully saturated rings. The monoisotopic (exact) mass is 216 g/mol. The molecule has 2 radical (unpaired) electrons. The highest BCUT2D eigenvalue weighted by Crippen LogP contribution is 2.37. The van der Waals surface area contributed by atoms with Crippen LogP contribution in [0.5, 0.6) is 0 Å². The number of hydrogen-bond donors (Lipinski definition) is 1. The average molecular weight is 216 g/mol. The zero-order valence-corrected chi connectivity index (χ0v) is 11.1. The Morgan fingerprint density at radius 1 is 1.36 bits per heavy atom. The van der Waals surface area contributed by atoms with Gasteiger partial charge in [0, 0.05) is 0 Å². The van der Waals surface area contributed by atoms with E-state index in [1.807, 2.05) is 0 Å². The first-order valence-electron chi connectivity index (χ1n) is 5.57. The first kappa shape index (κ1) is 14.1. The molecular weight excluding hydrogens is 192 g/mol. The molecule has 3 heteroatoms. The molecule has 0 amide bonds. The van der Waals surface area contributed by atoms with Gasteiger partial charge in [0.1, 0.15) is 6.29 Å². The Kier molecular flexibility index (Phi) is 6.65. The molecule has 1 N–H and O–H groups in total. The van der Waals surface area contributed by atoms with Crippen LogP contribution in [0.25, 0.3) is 0 Å². The summed E-state index contributed by atoms with van der Waals surface area (Å²) in [5.41, 5.74) is 0. The van der Waals surface area contributed by atoms with Crippen molar-refractivity contribution in [1.82, 2.24) is 0 Å². The lowest BCUT2D eigenvalue weighted by Gasteiger charge is -2.31. The van der Waals surface area contributed by atoms with E-state index in [1.165, 1.54) is 0 Å². The van der Waals surface area contributed by atoms with E-state index in [9.17, 15) is 5.11 Å². The van der Waals surface area contributed by atoms with Crippen molar-refractivity contribution < 1.29 is 9.53 Å². The summed E-state index contributed by atoms with van der Waals surface area (Å²) in [6.45, 7) is 10.9. The summed E-state index contributed by atoms with van der Waals surface area (Å²) < 4.78 is 5.48. The van der Waals surface area contributed by atoms with Crippen molar-refractivity contribution in [3.63, 3.8) is 0 Å². The molecule has 0 aromatic carbocycles. The lowest BCUT2D eigenvalue weighted by Crippen LogP contribution is -2.28. The first-order chi connectivity index (χ1) is 6.46. The van der Waals surface area contributed by atoms with Crippen LogP contribution in [0.15, 0.2) is 0 Å². The molecule has 2 atom stereocenters. The van der Waals surface area contributed by atoms with E-state index >= 15 is 0 Å². The van der Waals surface area contributed by atoms with Crippen LogP contribution in [0, 0.1) is 5.92 Å². The fourth-order valence-corrected chi connectivity index (χ4v) is 2.01. The quantitative estimate of drug-likeness (QED) is 0.524. The Balaban J connectivity index is 3.95. The molecule has 0 aliphatic carbocycles. The van der Waals surface area contributed by atoms with E-state index < -0.39 is 6.29 Å². The second-order valence-electron chi connectivity index (χ2n) is 4.39. The van der Waals surface area contributed by atoms with Crippen LogP contribution in [0.2, 0.25) is 5.04 Å². The molecular formula is C11H24O2Si. The first-order valence-corrected chi connectivity index (χ1v) is 6.48. The van der Waals surface area contributed by atoms with Gasteiger partial charge in [0.05, 0.1) is 0 Å². The average Bonchev–Trinajstić information content (AvgIpc) is 2.14. The molecule has 0 heterocycles. The predicted molar refractivity (Wildman–Crippen MR) is 61.2 cm³/mol. The molecule has 0 aromatic heterocycles. The van der Waals surface area contributed by atoms with E-state index in [2.05, 4.69) is 34.6 Å². The van der Waals surface area contributed by atoms with Crippen molar-refractivity contribution >= 4 is 9.76 Å². The summed E-state index contributed by atoms with van der Waals surface area (Å²) in [5, 5.41) is 9.69. The Labute approximate surface area is 91.0 Å². The van der Waals surface area contributed by atoms with Gasteiger partial charge < -0.3 is 9.53 Å². The Bertz CT molecular complexity index is 150. The largest absolute Gasteiger partial charge is 0.393 e. The normalized spacial score (nSPS) is 18.2. The highest BCUT2D eigenvalue weighted by Gasteiger charge is 2.29. The highest BCUT2D eigenvalue weighted by molar-refractivity contribution is 6.32. The van der Waals surface area contributed by atoms with Gasteiger partial charge >= 0.3 is 0 Å². The molecule has 0 aliphatic heterocycles. The Morgan fingerprint density at radius 3 is 2.29 bits per heavy atom. The van der Waals surface area contributed by atoms with Crippen LogP contribution in [-0.4, -0.2) is 21.2 Å². The van der Waals surface area contributed by atoms with Gasteiger partial charge in [-0.25, -0.2) is 0 Å². The summed E-state index contributed by atoms with van der Waals surface area (Å²) in [6, 6.07) is 0. The van der Waals surface area contributed by atoms with Gasteiger partial charge in [0.15, 0.2) is 0 Å². The molecule has 0 aliphatic rings. The van der Waals surface area contributed by atoms with Crippen molar-refractivity contribution in [3.05, 3.63) is 0 Å². The zero-order valence-electron chi connectivity index (χ0n) is 10.1. The molecule has 0 spiro atoms. The van der Waals surface area contributed by atoms with Crippen LogP contribution in [-0.2, 0) is 4.43 Å². The number of rotatable bonds is 7. The fourth-order valence-electron chi connectivity index (χ4n) is 1.11. The van der Waals surface area contributed by atoms with Gasteiger partial charge in [-0.15, -0.1) is 0 Å². The van der Waals surface area contributed by atoms with E-state index in [0.29, 0.717) is 15.7 Å². The van der Waals surface area contributed by atoms with E-state index in [1.54, 1.807) is 0 Å². The summed E-state index contributed by atoms with van der Waals surface area (Å²) in [7, 11) is 0.397. The third-order valence-corrected chi connectivity index (χ3v) is 4.76. The topological polar surface area (TPSA) is 29.5 Å². The molecule has 0 saturated heterocycles. The third-order valence-electron chi connectivity index (χ3n) is 2.97. The minimum absolute atomic E-state index is 0.217. The SMILES string of the molecule is CCC[C@@H](O)O[Si][C@@](C)(CC)C(C)C. The molecule has 2 nitrogen and oxygen atoms in total. The van der Waals surface area contributed by atoms with Crippen molar-refractivity contribution in [3.8, 4) is 0 Å². The molecule has 0 saturated carbocycles. The standard InChI is InChI=1S/C11H24O2Si/c1-6-8-10(12)13-14-11(5,7-2)9(3)4/h9-10,12H,6-8H2,1-5H3/t10-,11-/m0/s1. The number of hydrogen-bond acceptors (Lipinski definition) is 2. The van der Waals surface area contributed by atoms with Gasteiger partial charge in [-0.2, -0.15) is 0 Å². The zero-order chi connectivity index (χ0) is 11.2. The van der Waals surface area contributed by atoms with Gasteiger partial charge in [-0.1, -0.05) is 47.5 Å². The van der Waals surface area contributed by atoms with E-state index in [-0.39, 0.29) is 5.04 Å². The molecule has 0 bridgehead atoms. The number of aliphatic hydroxyl groups is 1. The van der Waals surface area contributed by atoms with Gasteiger partial charge in [-0.05, 0) is 17.4 Å². The lowest BCUT2D eigenvalue weighted by molar-refractivity contribution is -0.0258. The molecule has 0 aromatic rings. The van der Waals surface area contributed by atoms with Gasteiger partial charge in [-0.3, -0.25) is 0 Å². The molecule has 14 heavy (non-hydrogen) atoms. The summed E-state index contributed by atoms with van der Waals surface area (Å²) in [5.74, 6) is 0.597. The molecule has 84 valence electrons. The van der Waals surface area contributed by atoms with Crippen molar-refractivity contribution in [1.29, 1.82) is 0 Å². The van der Waals surface area contributed by atoms with Crippen molar-refractivity contribution in [2.75, 3.05) is 0 Å². The van der Waals surface area contributed by atoms with Gasteiger partial charge in [0.25, 0.3) is 0 Å². The number of aliphatic hydroxyl groups excluding tert-OH is 1. The van der Waals surface area contributed by atoms with Gasteiger partial charge in [0.2, 0.25) is 9.76 Å².